The largest absolute Gasteiger partial charge is 0.389 e. The Morgan fingerprint density at radius 2 is 1.88 bits per heavy atom. The lowest BCUT2D eigenvalue weighted by Gasteiger charge is -2.24. The zero-order valence-corrected chi connectivity index (χ0v) is 9.84. The van der Waals surface area contributed by atoms with E-state index >= 15 is 0 Å². The minimum absolute atomic E-state index is 0.238. The summed E-state index contributed by atoms with van der Waals surface area (Å²) in [7, 11) is 0. The van der Waals surface area contributed by atoms with Crippen molar-refractivity contribution in [3.63, 3.8) is 0 Å². The number of hydrogen-bond acceptors (Lipinski definition) is 2. The number of aliphatic hydroxyl groups is 1. The van der Waals surface area contributed by atoms with Crippen molar-refractivity contribution >= 4 is 0 Å². The molecule has 0 aromatic heterocycles. The number of hydrogen-bond donors (Lipinski definition) is 2. The fourth-order valence-electron chi connectivity index (χ4n) is 1.87. The van der Waals surface area contributed by atoms with Gasteiger partial charge in [0.2, 0.25) is 0 Å². The van der Waals surface area contributed by atoms with Gasteiger partial charge in [-0.25, -0.2) is 8.78 Å². The summed E-state index contributed by atoms with van der Waals surface area (Å²) in [6.45, 7) is 2.11. The molecule has 0 spiro atoms. The molecule has 2 rings (SSSR count). The smallest absolute Gasteiger partial charge is 0.126 e. The van der Waals surface area contributed by atoms with Crippen molar-refractivity contribution in [1.29, 1.82) is 0 Å². The first-order valence-electron chi connectivity index (χ1n) is 5.85. The second-order valence-corrected chi connectivity index (χ2v) is 5.11. The molecule has 2 N–H and O–H groups in total. The fourth-order valence-corrected chi connectivity index (χ4v) is 1.87. The molecule has 1 aliphatic carbocycles. The first-order chi connectivity index (χ1) is 7.94. The molecule has 1 atom stereocenters. The third kappa shape index (κ3) is 4.06. The molecule has 94 valence electrons. The highest BCUT2D eigenvalue weighted by Crippen LogP contribution is 2.21. The van der Waals surface area contributed by atoms with Gasteiger partial charge in [-0.15, -0.1) is 0 Å². The molecule has 4 heteroatoms. The summed E-state index contributed by atoms with van der Waals surface area (Å²) in [6, 6.07) is 3.86. The van der Waals surface area contributed by atoms with Crippen molar-refractivity contribution in [2.24, 2.45) is 0 Å². The summed E-state index contributed by atoms with van der Waals surface area (Å²) in [5, 5.41) is 13.3. The van der Waals surface area contributed by atoms with Crippen molar-refractivity contribution in [2.75, 3.05) is 6.54 Å². The van der Waals surface area contributed by atoms with Gasteiger partial charge < -0.3 is 10.4 Å². The molecular weight excluding hydrogens is 224 g/mol. The molecule has 1 aromatic rings. The topological polar surface area (TPSA) is 32.3 Å². The summed E-state index contributed by atoms with van der Waals surface area (Å²) in [6.07, 6.45) is 2.52. The second-order valence-electron chi connectivity index (χ2n) is 5.11. The summed E-state index contributed by atoms with van der Waals surface area (Å²) in [5.41, 5.74) is -0.506. The van der Waals surface area contributed by atoms with E-state index in [1.807, 2.05) is 0 Å². The van der Waals surface area contributed by atoms with E-state index in [-0.39, 0.29) is 6.42 Å². The van der Waals surface area contributed by atoms with Gasteiger partial charge in [0.25, 0.3) is 0 Å². The molecule has 0 amide bonds. The van der Waals surface area contributed by atoms with Crippen LogP contribution in [0.15, 0.2) is 18.2 Å². The minimum atomic E-state index is -0.983. The molecule has 0 heterocycles. The molecule has 17 heavy (non-hydrogen) atoms. The highest BCUT2D eigenvalue weighted by Gasteiger charge is 2.27. The quantitative estimate of drug-likeness (QED) is 0.826. The van der Waals surface area contributed by atoms with E-state index in [1.165, 1.54) is 12.1 Å². The van der Waals surface area contributed by atoms with Gasteiger partial charge in [-0.05, 0) is 37.5 Å². The highest BCUT2D eigenvalue weighted by atomic mass is 19.1. The second kappa shape index (κ2) is 4.70. The van der Waals surface area contributed by atoms with Crippen LogP contribution in [0.25, 0.3) is 0 Å². The predicted molar refractivity (Wildman–Crippen MR) is 61.7 cm³/mol. The highest BCUT2D eigenvalue weighted by molar-refractivity contribution is 5.19. The molecule has 1 aliphatic rings. The van der Waals surface area contributed by atoms with Crippen LogP contribution in [0.1, 0.15) is 25.3 Å². The molecule has 1 saturated carbocycles. The van der Waals surface area contributed by atoms with Crippen molar-refractivity contribution in [1.82, 2.24) is 5.32 Å². The zero-order chi connectivity index (χ0) is 12.5. The number of halogens is 2. The average molecular weight is 241 g/mol. The number of benzene rings is 1. The van der Waals surface area contributed by atoms with Gasteiger partial charge in [0.1, 0.15) is 11.6 Å². The van der Waals surface area contributed by atoms with Gasteiger partial charge in [-0.3, -0.25) is 0 Å². The van der Waals surface area contributed by atoms with Gasteiger partial charge in [-0.2, -0.15) is 0 Å². The van der Waals surface area contributed by atoms with E-state index in [4.69, 9.17) is 0 Å². The minimum Gasteiger partial charge on any atom is -0.389 e. The summed E-state index contributed by atoms with van der Waals surface area (Å²) >= 11 is 0. The van der Waals surface area contributed by atoms with Crippen LogP contribution in [0, 0.1) is 11.6 Å². The lowest BCUT2D eigenvalue weighted by atomic mass is 9.96. The Morgan fingerprint density at radius 1 is 1.29 bits per heavy atom. The summed E-state index contributed by atoms with van der Waals surface area (Å²) in [4.78, 5) is 0. The molecule has 0 aliphatic heterocycles. The Bertz CT molecular complexity index is 382. The van der Waals surface area contributed by atoms with Crippen LogP contribution in [0.4, 0.5) is 8.78 Å². The first kappa shape index (κ1) is 12.5. The monoisotopic (exact) mass is 241 g/mol. The van der Waals surface area contributed by atoms with Crippen LogP contribution in [0.2, 0.25) is 0 Å². The number of nitrogens with one attached hydrogen (secondary N) is 1. The maximum Gasteiger partial charge on any atom is 0.126 e. The van der Waals surface area contributed by atoms with E-state index in [0.29, 0.717) is 18.2 Å². The van der Waals surface area contributed by atoms with Crippen molar-refractivity contribution in [2.45, 2.75) is 37.8 Å². The third-order valence-corrected chi connectivity index (χ3v) is 2.86. The molecule has 0 radical (unpaired) electrons. The van der Waals surface area contributed by atoms with Crippen LogP contribution in [-0.2, 0) is 6.42 Å². The molecule has 1 unspecified atom stereocenters. The fraction of sp³-hybridized carbons (Fsp3) is 0.538. The summed E-state index contributed by atoms with van der Waals surface area (Å²) < 4.78 is 26.0. The van der Waals surface area contributed by atoms with E-state index in [0.717, 1.165) is 18.9 Å². The normalized spacial score (nSPS) is 19.1. The molecule has 1 fully saturated rings. The lowest BCUT2D eigenvalue weighted by molar-refractivity contribution is 0.0596. The van der Waals surface area contributed by atoms with Crippen LogP contribution >= 0.6 is 0 Å². The molecule has 2 nitrogen and oxygen atoms in total. The van der Waals surface area contributed by atoms with Crippen molar-refractivity contribution in [3.05, 3.63) is 35.4 Å². The SMILES string of the molecule is CC(O)(CNC1CC1)Cc1cc(F)cc(F)c1. The Morgan fingerprint density at radius 3 is 2.41 bits per heavy atom. The molecule has 0 bridgehead atoms. The van der Waals surface area contributed by atoms with Crippen LogP contribution in [0.3, 0.4) is 0 Å². The van der Waals surface area contributed by atoms with E-state index in [9.17, 15) is 13.9 Å². The Labute approximate surface area is 99.7 Å². The average Bonchev–Trinajstić information content (AvgIpc) is 2.95. The Hall–Kier alpha value is -1.00. The van der Waals surface area contributed by atoms with Crippen LogP contribution in [-0.4, -0.2) is 23.3 Å². The molecule has 0 saturated heterocycles. The maximum absolute atomic E-state index is 13.0. The summed E-state index contributed by atoms with van der Waals surface area (Å²) in [5.74, 6) is -1.21. The van der Waals surface area contributed by atoms with Gasteiger partial charge in [0, 0.05) is 25.1 Å². The third-order valence-electron chi connectivity index (χ3n) is 2.86. The van der Waals surface area contributed by atoms with E-state index < -0.39 is 17.2 Å². The Balaban J connectivity index is 1.96. The van der Waals surface area contributed by atoms with E-state index in [2.05, 4.69) is 5.32 Å². The van der Waals surface area contributed by atoms with Crippen molar-refractivity contribution in [3.8, 4) is 0 Å². The standard InChI is InChI=1S/C13H17F2NO/c1-13(17,8-16-12-2-3-12)7-9-4-10(14)6-11(15)5-9/h4-6,12,16-17H,2-3,7-8H2,1H3. The maximum atomic E-state index is 13.0. The lowest BCUT2D eigenvalue weighted by Crippen LogP contribution is -2.40. The molecule has 1 aromatic carbocycles. The van der Waals surface area contributed by atoms with E-state index in [1.54, 1.807) is 6.92 Å². The van der Waals surface area contributed by atoms with Crippen molar-refractivity contribution < 1.29 is 13.9 Å². The first-order valence-corrected chi connectivity index (χ1v) is 5.85. The van der Waals surface area contributed by atoms with Crippen LogP contribution in [0.5, 0.6) is 0 Å². The number of rotatable bonds is 5. The van der Waals surface area contributed by atoms with Gasteiger partial charge in [0.05, 0.1) is 5.60 Å². The van der Waals surface area contributed by atoms with Gasteiger partial charge in [0.15, 0.2) is 0 Å². The molecular formula is C13H17F2NO. The predicted octanol–water partition coefficient (Wildman–Crippen LogP) is 2.01. The zero-order valence-electron chi connectivity index (χ0n) is 9.84. The van der Waals surface area contributed by atoms with Gasteiger partial charge >= 0.3 is 0 Å². The Kier molecular flexibility index (Phi) is 3.45. The van der Waals surface area contributed by atoms with Gasteiger partial charge in [-0.1, -0.05) is 0 Å². The van der Waals surface area contributed by atoms with Crippen LogP contribution < -0.4 is 5.32 Å².